The van der Waals surface area contributed by atoms with Crippen LogP contribution in [0.2, 0.25) is 0 Å². The molecule has 0 radical (unpaired) electrons. The fraction of sp³-hybridized carbons (Fsp3) is 0.188. The van der Waals surface area contributed by atoms with Gasteiger partial charge < -0.3 is 29.5 Å². The van der Waals surface area contributed by atoms with Crippen LogP contribution in [0.25, 0.3) is 12.2 Å². The van der Waals surface area contributed by atoms with E-state index in [1.54, 1.807) is 51.7 Å². The van der Waals surface area contributed by atoms with Crippen LogP contribution < -0.4 is 14.2 Å². The lowest BCUT2D eigenvalue weighted by Crippen LogP contribution is -2.07. The van der Waals surface area contributed by atoms with Gasteiger partial charge in [0.2, 0.25) is 0 Å². The van der Waals surface area contributed by atoms with Gasteiger partial charge in [-0.25, -0.2) is 0 Å². The second-order valence-corrected chi connectivity index (χ2v) is 8.93. The zero-order valence-corrected chi connectivity index (χ0v) is 21.7. The topological polar surface area (TPSA) is 88.4 Å². The lowest BCUT2D eigenvalue weighted by molar-refractivity contribution is 0.401. The molecule has 4 rings (SSSR count). The number of benzene rings is 4. The highest BCUT2D eigenvalue weighted by molar-refractivity contribution is 5.74. The second kappa shape index (κ2) is 12.1. The third-order valence-electron chi connectivity index (χ3n) is 6.59. The highest BCUT2D eigenvalue weighted by atomic mass is 16.5. The molecule has 4 aromatic rings. The molecule has 196 valence electrons. The van der Waals surface area contributed by atoms with Gasteiger partial charge in [0.1, 0.15) is 34.5 Å². The molecule has 0 bridgehead atoms. The SMILES string of the molecule is COc1ccc([C@H](CCc2ccc(O)cc2OC)c2c(O)cc(OC)cc2C=Cc2ccc(O)cc2)cc1. The van der Waals surface area contributed by atoms with Crippen molar-refractivity contribution in [3.05, 3.63) is 107 Å². The third kappa shape index (κ3) is 6.21. The summed E-state index contributed by atoms with van der Waals surface area (Å²) < 4.78 is 16.3. The summed E-state index contributed by atoms with van der Waals surface area (Å²) in [7, 11) is 4.78. The Balaban J connectivity index is 1.79. The van der Waals surface area contributed by atoms with Gasteiger partial charge in [0.25, 0.3) is 0 Å². The predicted molar refractivity (Wildman–Crippen MR) is 150 cm³/mol. The van der Waals surface area contributed by atoms with Crippen molar-refractivity contribution in [2.75, 3.05) is 21.3 Å². The maximum absolute atomic E-state index is 11.3. The molecule has 0 unspecified atom stereocenters. The molecule has 0 aliphatic rings. The molecule has 0 fully saturated rings. The molecular weight excluding hydrogens is 480 g/mol. The molecule has 3 N–H and O–H groups in total. The van der Waals surface area contributed by atoms with Gasteiger partial charge >= 0.3 is 0 Å². The number of aromatic hydroxyl groups is 3. The molecule has 0 saturated heterocycles. The van der Waals surface area contributed by atoms with Gasteiger partial charge in [0.05, 0.1) is 21.3 Å². The first-order valence-corrected chi connectivity index (χ1v) is 12.3. The summed E-state index contributed by atoms with van der Waals surface area (Å²) >= 11 is 0. The fourth-order valence-corrected chi connectivity index (χ4v) is 4.59. The molecule has 38 heavy (non-hydrogen) atoms. The molecule has 0 aliphatic carbocycles. The summed E-state index contributed by atoms with van der Waals surface area (Å²) in [5, 5.41) is 30.8. The van der Waals surface area contributed by atoms with Crippen molar-refractivity contribution in [1.82, 2.24) is 0 Å². The first kappa shape index (κ1) is 26.5. The molecule has 0 saturated carbocycles. The van der Waals surface area contributed by atoms with E-state index >= 15 is 0 Å². The number of aryl methyl sites for hydroxylation is 1. The molecule has 1 atom stereocenters. The first-order valence-electron chi connectivity index (χ1n) is 12.3. The zero-order chi connectivity index (χ0) is 27.1. The molecule has 0 heterocycles. The third-order valence-corrected chi connectivity index (χ3v) is 6.59. The van der Waals surface area contributed by atoms with Crippen LogP contribution in [0, 0.1) is 0 Å². The van der Waals surface area contributed by atoms with Crippen molar-refractivity contribution < 1.29 is 29.5 Å². The lowest BCUT2D eigenvalue weighted by atomic mass is 9.83. The number of methoxy groups -OCH3 is 3. The molecule has 0 aromatic heterocycles. The van der Waals surface area contributed by atoms with Crippen LogP contribution in [0.15, 0.2) is 78.9 Å². The molecular formula is C32H32O6. The van der Waals surface area contributed by atoms with Crippen LogP contribution in [-0.2, 0) is 6.42 Å². The Morgan fingerprint density at radius 2 is 1.37 bits per heavy atom. The molecule has 6 heteroatoms. The number of phenols is 3. The number of hydrogen-bond acceptors (Lipinski definition) is 6. The van der Waals surface area contributed by atoms with Crippen molar-refractivity contribution in [1.29, 1.82) is 0 Å². The van der Waals surface area contributed by atoms with Crippen LogP contribution in [0.3, 0.4) is 0 Å². The van der Waals surface area contributed by atoms with Crippen molar-refractivity contribution in [3.63, 3.8) is 0 Å². The van der Waals surface area contributed by atoms with E-state index in [1.807, 2.05) is 60.7 Å². The van der Waals surface area contributed by atoms with Gasteiger partial charge in [-0.05, 0) is 71.5 Å². The summed E-state index contributed by atoms with van der Waals surface area (Å²) in [5.74, 6) is 2.21. The molecule has 6 nitrogen and oxygen atoms in total. The Hall–Kier alpha value is -4.58. The van der Waals surface area contributed by atoms with E-state index in [9.17, 15) is 15.3 Å². The second-order valence-electron chi connectivity index (χ2n) is 8.93. The van der Waals surface area contributed by atoms with Gasteiger partial charge in [-0.2, -0.15) is 0 Å². The van der Waals surface area contributed by atoms with E-state index in [4.69, 9.17) is 14.2 Å². The maximum atomic E-state index is 11.3. The average molecular weight is 513 g/mol. The standard InChI is InChI=1S/C32H32O6/c1-36-27-15-9-22(10-16-27)29(17-11-23-8-14-26(34)19-31(23)38-3)32-24(18-28(37-2)20-30(32)35)7-4-21-5-12-25(33)13-6-21/h4-10,12-16,18-20,29,33-35H,11,17H2,1-3H3/t29-/m0/s1. The fourth-order valence-electron chi connectivity index (χ4n) is 4.59. The van der Waals surface area contributed by atoms with Crippen LogP contribution in [-0.4, -0.2) is 36.6 Å². The summed E-state index contributed by atoms with van der Waals surface area (Å²) in [4.78, 5) is 0. The highest BCUT2D eigenvalue weighted by Crippen LogP contribution is 2.41. The van der Waals surface area contributed by atoms with Crippen molar-refractivity contribution >= 4 is 12.2 Å². The van der Waals surface area contributed by atoms with E-state index in [1.165, 1.54) is 0 Å². The van der Waals surface area contributed by atoms with Crippen molar-refractivity contribution in [2.45, 2.75) is 18.8 Å². The minimum absolute atomic E-state index is 0.133. The Morgan fingerprint density at radius 1 is 0.684 bits per heavy atom. The van der Waals surface area contributed by atoms with Crippen molar-refractivity contribution in [3.8, 4) is 34.5 Å². The quantitative estimate of drug-likeness (QED) is 0.203. The Kier molecular flexibility index (Phi) is 8.44. The summed E-state index contributed by atoms with van der Waals surface area (Å²) in [6.07, 6.45) is 5.19. The number of hydrogen-bond donors (Lipinski definition) is 3. The van der Waals surface area contributed by atoms with Gasteiger partial charge in [-0.1, -0.05) is 42.5 Å². The molecule has 0 amide bonds. The Bertz CT molecular complexity index is 1390. The van der Waals surface area contributed by atoms with E-state index in [0.29, 0.717) is 24.3 Å². The van der Waals surface area contributed by atoms with E-state index in [-0.39, 0.29) is 23.2 Å². The predicted octanol–water partition coefficient (Wildman–Crippen LogP) is 6.76. The molecule has 0 spiro atoms. The van der Waals surface area contributed by atoms with E-state index in [2.05, 4.69) is 0 Å². The average Bonchev–Trinajstić information content (AvgIpc) is 2.94. The van der Waals surface area contributed by atoms with Crippen LogP contribution in [0.1, 0.15) is 40.2 Å². The number of phenolic OH excluding ortho intramolecular Hbond substituents is 3. The zero-order valence-electron chi connectivity index (χ0n) is 21.7. The Labute approximate surface area is 223 Å². The summed E-state index contributed by atoms with van der Waals surface area (Å²) in [6, 6.07) is 23.4. The van der Waals surface area contributed by atoms with Crippen molar-refractivity contribution in [2.24, 2.45) is 0 Å². The summed E-state index contributed by atoms with van der Waals surface area (Å²) in [6.45, 7) is 0. The highest BCUT2D eigenvalue weighted by Gasteiger charge is 2.23. The van der Waals surface area contributed by atoms with E-state index < -0.39 is 0 Å². The largest absolute Gasteiger partial charge is 0.508 e. The minimum atomic E-state index is -0.176. The van der Waals surface area contributed by atoms with Crippen LogP contribution >= 0.6 is 0 Å². The minimum Gasteiger partial charge on any atom is -0.508 e. The number of rotatable bonds is 10. The number of ether oxygens (including phenoxy) is 3. The van der Waals surface area contributed by atoms with Gasteiger partial charge in [0, 0.05) is 23.6 Å². The Morgan fingerprint density at radius 3 is 2.03 bits per heavy atom. The lowest BCUT2D eigenvalue weighted by Gasteiger charge is -2.23. The van der Waals surface area contributed by atoms with Crippen LogP contribution in [0.5, 0.6) is 34.5 Å². The van der Waals surface area contributed by atoms with Gasteiger partial charge in [-0.15, -0.1) is 0 Å². The van der Waals surface area contributed by atoms with Gasteiger partial charge in [0.15, 0.2) is 0 Å². The van der Waals surface area contributed by atoms with Gasteiger partial charge in [-0.3, -0.25) is 0 Å². The molecule has 0 aliphatic heterocycles. The van der Waals surface area contributed by atoms with Crippen LogP contribution in [0.4, 0.5) is 0 Å². The first-order chi connectivity index (χ1) is 18.4. The summed E-state index contributed by atoms with van der Waals surface area (Å²) in [5.41, 5.74) is 4.46. The van der Waals surface area contributed by atoms with E-state index in [0.717, 1.165) is 33.6 Å². The normalized spacial score (nSPS) is 11.9. The smallest absolute Gasteiger partial charge is 0.125 e. The molecule has 4 aromatic carbocycles. The maximum Gasteiger partial charge on any atom is 0.125 e. The monoisotopic (exact) mass is 512 g/mol.